The van der Waals surface area contributed by atoms with Crippen molar-refractivity contribution in [3.63, 3.8) is 0 Å². The third-order valence-corrected chi connectivity index (χ3v) is 6.16. The largest absolute Gasteiger partial charge is 0.465 e. The number of ether oxygens (including phenoxy) is 1. The first-order valence-corrected chi connectivity index (χ1v) is 11.7. The number of esters is 1. The zero-order valence-corrected chi connectivity index (χ0v) is 19.0. The number of hydrogen-bond donors (Lipinski definition) is 1. The van der Waals surface area contributed by atoms with Crippen LogP contribution in [0.25, 0.3) is 0 Å². The maximum Gasteiger partial charge on any atom is 0.337 e. The van der Waals surface area contributed by atoms with E-state index in [1.165, 1.54) is 23.5 Å². The number of amides is 1. The number of nitrogens with one attached hydrogen (secondary N) is 1. The number of sulfonamides is 1. The lowest BCUT2D eigenvalue weighted by atomic mass is 10.1. The molecule has 0 fully saturated rings. The fourth-order valence-corrected chi connectivity index (χ4v) is 4.04. The van der Waals surface area contributed by atoms with Gasteiger partial charge in [-0.3, -0.25) is 9.10 Å². The Hall–Kier alpha value is -3.36. The van der Waals surface area contributed by atoms with Gasteiger partial charge in [0.15, 0.2) is 0 Å². The Morgan fingerprint density at radius 3 is 2.09 bits per heavy atom. The maximum absolute atomic E-state index is 12.6. The molecule has 7 nitrogen and oxygen atoms in total. The normalized spacial score (nSPS) is 11.0. The summed E-state index contributed by atoms with van der Waals surface area (Å²) >= 11 is 6.18. The van der Waals surface area contributed by atoms with Crippen LogP contribution < -0.4 is 9.62 Å². The fraction of sp³-hybridized carbons (Fsp3) is 0.130. The van der Waals surface area contributed by atoms with E-state index in [1.54, 1.807) is 60.7 Å². The van der Waals surface area contributed by atoms with Gasteiger partial charge in [0.2, 0.25) is 10.0 Å². The number of methoxy groups -OCH3 is 1. The van der Waals surface area contributed by atoms with Crippen LogP contribution in [0.3, 0.4) is 0 Å². The Kier molecular flexibility index (Phi) is 7.17. The van der Waals surface area contributed by atoms with Gasteiger partial charge in [0.1, 0.15) is 0 Å². The van der Waals surface area contributed by atoms with Crippen LogP contribution in [0.15, 0.2) is 72.8 Å². The summed E-state index contributed by atoms with van der Waals surface area (Å²) in [5.41, 5.74) is 2.29. The van der Waals surface area contributed by atoms with Gasteiger partial charge in [-0.2, -0.15) is 0 Å². The zero-order chi connectivity index (χ0) is 23.3. The number of nitrogens with zero attached hydrogens (tertiary/aromatic N) is 1. The van der Waals surface area contributed by atoms with Crippen LogP contribution in [0, 0.1) is 0 Å². The van der Waals surface area contributed by atoms with Crippen LogP contribution >= 0.6 is 11.6 Å². The minimum atomic E-state index is -3.59. The summed E-state index contributed by atoms with van der Waals surface area (Å²) in [6.07, 6.45) is 1.11. The van der Waals surface area contributed by atoms with E-state index in [-0.39, 0.29) is 12.5 Å². The first kappa shape index (κ1) is 23.3. The van der Waals surface area contributed by atoms with E-state index in [2.05, 4.69) is 10.1 Å². The van der Waals surface area contributed by atoms with Gasteiger partial charge in [-0.05, 0) is 60.2 Å². The quantitative estimate of drug-likeness (QED) is 0.516. The minimum Gasteiger partial charge on any atom is -0.465 e. The van der Waals surface area contributed by atoms with Crippen molar-refractivity contribution in [2.75, 3.05) is 23.0 Å². The lowest BCUT2D eigenvalue weighted by Gasteiger charge is -2.23. The summed E-state index contributed by atoms with van der Waals surface area (Å²) in [5, 5.41) is 3.20. The molecule has 9 heteroatoms. The number of carbonyl (C=O) groups excluding carboxylic acids is 2. The van der Waals surface area contributed by atoms with Crippen LogP contribution in [0.2, 0.25) is 5.02 Å². The smallest absolute Gasteiger partial charge is 0.337 e. The molecule has 0 saturated heterocycles. The highest BCUT2D eigenvalue weighted by Crippen LogP contribution is 2.25. The highest BCUT2D eigenvalue weighted by molar-refractivity contribution is 7.92. The van der Waals surface area contributed by atoms with Crippen LogP contribution in [0.5, 0.6) is 0 Å². The van der Waals surface area contributed by atoms with Gasteiger partial charge in [-0.1, -0.05) is 29.8 Å². The van der Waals surface area contributed by atoms with E-state index in [4.69, 9.17) is 11.6 Å². The molecule has 0 aromatic heterocycles. The maximum atomic E-state index is 12.6. The van der Waals surface area contributed by atoms with Gasteiger partial charge in [0.05, 0.1) is 31.2 Å². The highest BCUT2D eigenvalue weighted by atomic mass is 35.5. The molecular formula is C23H21ClN2O5S. The average molecular weight is 473 g/mol. The van der Waals surface area contributed by atoms with Crippen molar-refractivity contribution in [2.24, 2.45) is 0 Å². The van der Waals surface area contributed by atoms with Crippen LogP contribution in [0.1, 0.15) is 26.3 Å². The third kappa shape index (κ3) is 5.66. The first-order valence-electron chi connectivity index (χ1n) is 9.50. The van der Waals surface area contributed by atoms with Crippen molar-refractivity contribution in [3.05, 3.63) is 94.5 Å². The summed E-state index contributed by atoms with van der Waals surface area (Å²) in [6, 6.07) is 19.5. The van der Waals surface area contributed by atoms with Gasteiger partial charge in [-0.15, -0.1) is 0 Å². The van der Waals surface area contributed by atoms with Crippen LogP contribution in [0.4, 0.5) is 11.4 Å². The molecule has 0 unspecified atom stereocenters. The molecule has 0 aliphatic heterocycles. The van der Waals surface area contributed by atoms with E-state index in [1.807, 2.05) is 0 Å². The number of anilines is 2. The van der Waals surface area contributed by atoms with Crippen molar-refractivity contribution < 1.29 is 22.7 Å². The molecule has 0 bridgehead atoms. The molecule has 0 atom stereocenters. The molecule has 0 heterocycles. The second kappa shape index (κ2) is 9.84. The molecule has 3 rings (SSSR count). The van der Waals surface area contributed by atoms with Crippen molar-refractivity contribution in [2.45, 2.75) is 6.54 Å². The zero-order valence-electron chi connectivity index (χ0n) is 17.4. The molecule has 32 heavy (non-hydrogen) atoms. The molecule has 0 radical (unpaired) electrons. The summed E-state index contributed by atoms with van der Waals surface area (Å²) in [4.78, 5) is 24.0. The van der Waals surface area contributed by atoms with E-state index in [0.29, 0.717) is 33.1 Å². The molecule has 166 valence electrons. The molecular weight excluding hydrogens is 452 g/mol. The number of benzene rings is 3. The second-order valence-electron chi connectivity index (χ2n) is 6.93. The topological polar surface area (TPSA) is 92.8 Å². The lowest BCUT2D eigenvalue weighted by molar-refractivity contribution is 0.0600. The predicted octanol–water partition coefficient (Wildman–Crippen LogP) is 4.35. The van der Waals surface area contributed by atoms with Gasteiger partial charge in [0, 0.05) is 16.3 Å². The predicted molar refractivity (Wildman–Crippen MR) is 125 cm³/mol. The summed E-state index contributed by atoms with van der Waals surface area (Å²) < 4.78 is 30.6. The molecule has 1 N–H and O–H groups in total. The van der Waals surface area contributed by atoms with Crippen molar-refractivity contribution in [1.29, 1.82) is 0 Å². The first-order chi connectivity index (χ1) is 15.2. The molecule has 3 aromatic rings. The van der Waals surface area contributed by atoms with Crippen molar-refractivity contribution in [1.82, 2.24) is 0 Å². The monoisotopic (exact) mass is 472 g/mol. The van der Waals surface area contributed by atoms with E-state index >= 15 is 0 Å². The van der Waals surface area contributed by atoms with E-state index in [9.17, 15) is 18.0 Å². The Morgan fingerprint density at radius 2 is 1.53 bits per heavy atom. The van der Waals surface area contributed by atoms with Gasteiger partial charge in [-0.25, -0.2) is 13.2 Å². The number of halogens is 1. The third-order valence-electron chi connectivity index (χ3n) is 4.65. The molecule has 0 saturated carbocycles. The Balaban J connectivity index is 1.76. The average Bonchev–Trinajstić information content (AvgIpc) is 2.78. The Labute approximate surface area is 191 Å². The van der Waals surface area contributed by atoms with Crippen LogP contribution in [-0.2, 0) is 21.3 Å². The molecule has 0 aliphatic carbocycles. The van der Waals surface area contributed by atoms with Gasteiger partial charge in [0.25, 0.3) is 5.91 Å². The summed E-state index contributed by atoms with van der Waals surface area (Å²) in [6.45, 7) is 0.0661. The number of rotatable bonds is 7. The second-order valence-corrected chi connectivity index (χ2v) is 9.24. The fourth-order valence-electron chi connectivity index (χ4n) is 2.97. The minimum absolute atomic E-state index is 0.0661. The summed E-state index contributed by atoms with van der Waals surface area (Å²) in [5.74, 6) is -0.843. The standard InChI is InChI=1S/C23H21ClN2O5S/c1-31-23(28)17-7-11-19(12-8-17)25-22(27)16-9-13-20(14-10-16)26(32(2,29)30)15-18-5-3-4-6-21(18)24/h3-14H,15H2,1-2H3,(H,25,27). The van der Waals surface area contributed by atoms with Gasteiger partial charge < -0.3 is 10.1 Å². The SMILES string of the molecule is COC(=O)c1ccc(NC(=O)c2ccc(N(Cc3ccccc3Cl)S(C)(=O)=O)cc2)cc1. The highest BCUT2D eigenvalue weighted by Gasteiger charge is 2.19. The molecule has 3 aromatic carbocycles. The Bertz CT molecular complexity index is 1230. The molecule has 0 aliphatic rings. The summed E-state index contributed by atoms with van der Waals surface area (Å²) in [7, 11) is -2.30. The van der Waals surface area contributed by atoms with Gasteiger partial charge >= 0.3 is 5.97 Å². The van der Waals surface area contributed by atoms with Crippen molar-refractivity contribution >= 4 is 44.9 Å². The molecule has 0 spiro atoms. The van der Waals surface area contributed by atoms with Crippen LogP contribution in [-0.4, -0.2) is 33.7 Å². The van der Waals surface area contributed by atoms with E-state index < -0.39 is 16.0 Å². The number of carbonyl (C=O) groups is 2. The number of hydrogen-bond acceptors (Lipinski definition) is 5. The molecule has 1 amide bonds. The van der Waals surface area contributed by atoms with E-state index in [0.717, 1.165) is 6.26 Å². The lowest BCUT2D eigenvalue weighted by Crippen LogP contribution is -2.29. The Morgan fingerprint density at radius 1 is 0.938 bits per heavy atom. The van der Waals surface area contributed by atoms with Crippen molar-refractivity contribution in [3.8, 4) is 0 Å².